The largest absolute Gasteiger partial charge is 0.313 e. The van der Waals surface area contributed by atoms with Crippen LogP contribution in [-0.2, 0) is 6.42 Å². The van der Waals surface area contributed by atoms with E-state index in [1.54, 1.807) is 18.2 Å². The van der Waals surface area contributed by atoms with Gasteiger partial charge in [0.25, 0.3) is 0 Å². The Hall–Kier alpha value is -6.98. The second kappa shape index (κ2) is 13.3. The lowest BCUT2D eigenvalue weighted by atomic mass is 9.86. The van der Waals surface area contributed by atoms with Crippen LogP contribution in [0, 0.1) is 54.3 Å². The molecule has 0 unspecified atom stereocenters. The number of aryl methyl sites for hydroxylation is 1. The van der Waals surface area contributed by atoms with Crippen LogP contribution < -0.4 is 0 Å². The molecule has 0 bridgehead atoms. The number of terminal acetylenes is 2. The van der Waals surface area contributed by atoms with Crippen LogP contribution in [0.4, 0.5) is 0 Å². The van der Waals surface area contributed by atoms with E-state index in [9.17, 15) is 10.5 Å². The Morgan fingerprint density at radius 3 is 2.00 bits per heavy atom. The van der Waals surface area contributed by atoms with Gasteiger partial charge in [-0.05, 0) is 91.6 Å². The second-order valence-electron chi connectivity index (χ2n) is 12.2. The van der Waals surface area contributed by atoms with Gasteiger partial charge in [0.1, 0.15) is 0 Å². The molecule has 0 amide bonds. The van der Waals surface area contributed by atoms with Gasteiger partial charge < -0.3 is 9.13 Å². The van der Waals surface area contributed by atoms with Crippen molar-refractivity contribution < 1.29 is 0 Å². The number of benzene rings is 5. The van der Waals surface area contributed by atoms with Crippen molar-refractivity contribution >= 4 is 44.0 Å². The third-order valence-corrected chi connectivity index (χ3v) is 9.51. The maximum absolute atomic E-state index is 10.6. The van der Waals surface area contributed by atoms with Crippen LogP contribution in [0.2, 0.25) is 0 Å². The summed E-state index contributed by atoms with van der Waals surface area (Å²) in [5, 5.41) is 24.6. The molecule has 7 aromatic rings. The monoisotopic (exact) mass is 640 g/mol. The minimum Gasteiger partial charge on any atom is -0.313 e. The number of nitrogens with zero attached hydrogens (tertiary/aromatic N) is 4. The number of hydrogen-bond donors (Lipinski definition) is 0. The van der Waals surface area contributed by atoms with Gasteiger partial charge >= 0.3 is 0 Å². The molecule has 0 saturated carbocycles. The summed E-state index contributed by atoms with van der Waals surface area (Å²) >= 11 is 0. The van der Waals surface area contributed by atoms with E-state index in [4.69, 9.17) is 12.8 Å². The van der Waals surface area contributed by atoms with Gasteiger partial charge in [0.2, 0.25) is 0 Å². The molecule has 0 aliphatic heterocycles. The summed E-state index contributed by atoms with van der Waals surface area (Å²) in [6.45, 7) is 4.12. The SMILES string of the molecule is C#C/C=C\C(=C(/C)c1c(C#N)ccc(C#N)c1-c1cccc(-n2c3ccccc3c3ccccc32)c1)n1c(CCC#C)c(C)c2ccccc21. The van der Waals surface area contributed by atoms with Gasteiger partial charge in [0, 0.05) is 45.1 Å². The molecule has 0 atom stereocenters. The quantitative estimate of drug-likeness (QED) is 0.129. The molecule has 7 rings (SSSR count). The average molecular weight is 641 g/mol. The summed E-state index contributed by atoms with van der Waals surface area (Å²) in [5.74, 6) is 5.46. The fraction of sp³-hybridized carbons (Fsp3) is 0.0870. The minimum absolute atomic E-state index is 0.462. The fourth-order valence-electron chi connectivity index (χ4n) is 7.32. The first-order chi connectivity index (χ1) is 24.5. The third kappa shape index (κ3) is 5.14. The third-order valence-electron chi connectivity index (χ3n) is 9.51. The van der Waals surface area contributed by atoms with Gasteiger partial charge in [-0.15, -0.1) is 18.8 Å². The Morgan fingerprint density at radius 1 is 0.740 bits per heavy atom. The summed E-state index contributed by atoms with van der Waals surface area (Å²) in [6.07, 6.45) is 16.4. The highest BCUT2D eigenvalue weighted by Gasteiger charge is 2.23. The molecule has 236 valence electrons. The van der Waals surface area contributed by atoms with Crippen LogP contribution in [-0.4, -0.2) is 9.13 Å². The van der Waals surface area contributed by atoms with Crippen LogP contribution in [0.1, 0.15) is 41.3 Å². The normalized spacial score (nSPS) is 11.7. The zero-order valence-corrected chi connectivity index (χ0v) is 27.9. The van der Waals surface area contributed by atoms with Gasteiger partial charge in [0.05, 0.1) is 45.5 Å². The lowest BCUT2D eigenvalue weighted by Gasteiger charge is -2.20. The maximum Gasteiger partial charge on any atom is 0.0998 e. The molecule has 5 aromatic carbocycles. The molecule has 0 aliphatic carbocycles. The maximum atomic E-state index is 10.6. The van der Waals surface area contributed by atoms with E-state index in [1.807, 2.05) is 49.4 Å². The molecule has 0 radical (unpaired) electrons. The lowest BCUT2D eigenvalue weighted by Crippen LogP contribution is -2.06. The van der Waals surface area contributed by atoms with Crippen LogP contribution in [0.15, 0.2) is 121 Å². The Morgan fingerprint density at radius 2 is 1.36 bits per heavy atom. The first-order valence-corrected chi connectivity index (χ1v) is 16.4. The van der Waals surface area contributed by atoms with E-state index in [-0.39, 0.29) is 0 Å². The first-order valence-electron chi connectivity index (χ1n) is 16.4. The summed E-state index contributed by atoms with van der Waals surface area (Å²) in [4.78, 5) is 0. The summed E-state index contributed by atoms with van der Waals surface area (Å²) < 4.78 is 4.47. The Balaban J connectivity index is 1.55. The zero-order chi connectivity index (χ0) is 34.8. The van der Waals surface area contributed by atoms with Crippen molar-refractivity contribution in [3.8, 4) is 53.6 Å². The van der Waals surface area contributed by atoms with Gasteiger partial charge in [-0.1, -0.05) is 72.7 Å². The highest BCUT2D eigenvalue weighted by Crippen LogP contribution is 2.41. The molecular formula is C46H32N4. The highest BCUT2D eigenvalue weighted by molar-refractivity contribution is 6.09. The molecule has 0 saturated heterocycles. The molecule has 0 fully saturated rings. The van der Waals surface area contributed by atoms with Gasteiger partial charge in [0.15, 0.2) is 0 Å². The number of fused-ring (bicyclic) bond motifs is 4. The minimum atomic E-state index is 0.462. The van der Waals surface area contributed by atoms with Crippen molar-refractivity contribution in [2.45, 2.75) is 26.7 Å². The highest BCUT2D eigenvalue weighted by atomic mass is 15.0. The van der Waals surface area contributed by atoms with Crippen molar-refractivity contribution in [2.75, 3.05) is 0 Å². The Bertz CT molecular complexity index is 2660. The van der Waals surface area contributed by atoms with E-state index in [1.165, 1.54) is 0 Å². The van der Waals surface area contributed by atoms with E-state index < -0.39 is 0 Å². The number of para-hydroxylation sites is 3. The Labute approximate surface area is 292 Å². The zero-order valence-electron chi connectivity index (χ0n) is 27.9. The smallest absolute Gasteiger partial charge is 0.0998 e. The number of nitriles is 2. The van der Waals surface area contributed by atoms with E-state index >= 15 is 0 Å². The molecular weight excluding hydrogens is 609 g/mol. The fourth-order valence-corrected chi connectivity index (χ4v) is 7.32. The predicted molar refractivity (Wildman–Crippen MR) is 206 cm³/mol. The average Bonchev–Trinajstić information content (AvgIpc) is 3.65. The number of aromatic nitrogens is 2. The van der Waals surface area contributed by atoms with Gasteiger partial charge in [-0.25, -0.2) is 0 Å². The number of allylic oxidation sites excluding steroid dienone is 4. The second-order valence-corrected chi connectivity index (χ2v) is 12.2. The van der Waals surface area contributed by atoms with Gasteiger partial charge in [-0.3, -0.25) is 0 Å². The lowest BCUT2D eigenvalue weighted by molar-refractivity contribution is 0.916. The molecule has 2 aromatic heterocycles. The predicted octanol–water partition coefficient (Wildman–Crippen LogP) is 10.6. The topological polar surface area (TPSA) is 57.4 Å². The molecule has 50 heavy (non-hydrogen) atoms. The van der Waals surface area contributed by atoms with E-state index in [0.29, 0.717) is 35.1 Å². The van der Waals surface area contributed by atoms with E-state index in [0.717, 1.165) is 66.5 Å². The molecule has 4 nitrogen and oxygen atoms in total. The summed E-state index contributed by atoms with van der Waals surface area (Å²) in [5.41, 5.74) is 11.1. The number of rotatable bonds is 7. The van der Waals surface area contributed by atoms with E-state index in [2.05, 4.69) is 101 Å². The molecule has 0 aliphatic rings. The van der Waals surface area contributed by atoms with Crippen molar-refractivity contribution in [2.24, 2.45) is 0 Å². The van der Waals surface area contributed by atoms with Crippen molar-refractivity contribution in [1.29, 1.82) is 10.5 Å². The molecule has 0 N–H and O–H groups in total. The molecule has 2 heterocycles. The molecule has 0 spiro atoms. The van der Waals surface area contributed by atoms with Crippen LogP contribution in [0.5, 0.6) is 0 Å². The van der Waals surface area contributed by atoms with Crippen molar-refractivity contribution in [1.82, 2.24) is 9.13 Å². The molecule has 4 heteroatoms. The van der Waals surface area contributed by atoms with Crippen LogP contribution in [0.3, 0.4) is 0 Å². The van der Waals surface area contributed by atoms with Crippen molar-refractivity contribution in [3.63, 3.8) is 0 Å². The summed E-state index contributed by atoms with van der Waals surface area (Å²) in [7, 11) is 0. The summed E-state index contributed by atoms with van der Waals surface area (Å²) in [6, 6.07) is 41.6. The Kier molecular flexibility index (Phi) is 8.38. The van der Waals surface area contributed by atoms with Crippen LogP contribution in [0.25, 0.3) is 60.8 Å². The number of hydrogen-bond acceptors (Lipinski definition) is 2. The van der Waals surface area contributed by atoms with Crippen molar-refractivity contribution in [3.05, 3.63) is 149 Å². The first kappa shape index (κ1) is 31.6. The standard InChI is InChI=1S/C46H32N4/c1-5-7-21-40-31(3)37-18-9-12-23-42(37)50(40)41(22-8-6-2)32(4)45-34(29-47)26-27-35(30-48)46(45)33-16-15-17-36(28-33)49-43-24-13-10-19-38(43)39-20-11-14-25-44(39)49/h1-2,8-20,22-28H,7,21H2,3-4H3/b22-8-,41-32-. The van der Waals surface area contributed by atoms with Crippen LogP contribution >= 0.6 is 0 Å². The van der Waals surface area contributed by atoms with Gasteiger partial charge in [-0.2, -0.15) is 10.5 Å².